The molecule has 2 aromatic heterocycles. The minimum absolute atomic E-state index is 0.0280. The average molecular weight is 440 g/mol. The maximum atomic E-state index is 14.3. The highest BCUT2D eigenvalue weighted by atomic mass is 35.5. The van der Waals surface area contributed by atoms with Gasteiger partial charge in [-0.25, -0.2) is 13.5 Å². The summed E-state index contributed by atoms with van der Waals surface area (Å²) in [6.07, 6.45) is -3.92. The SMILES string of the molecule is Cc1c(-c2c(F)cccc2Cl)noc1-c1cnn(-c2cccc(F)c2)c1C(F)(F)F. The first-order valence-corrected chi connectivity index (χ1v) is 8.88. The summed E-state index contributed by atoms with van der Waals surface area (Å²) in [6, 6.07) is 8.55. The molecule has 0 saturated heterocycles. The Hall–Kier alpha value is -3.20. The summed E-state index contributed by atoms with van der Waals surface area (Å²) in [5, 5.41) is 7.54. The minimum Gasteiger partial charge on any atom is -0.355 e. The van der Waals surface area contributed by atoms with Gasteiger partial charge in [0.25, 0.3) is 0 Å². The second-order valence-electron chi connectivity index (χ2n) is 6.38. The minimum atomic E-state index is -4.85. The summed E-state index contributed by atoms with van der Waals surface area (Å²) in [4.78, 5) is 0. The van der Waals surface area contributed by atoms with Crippen LogP contribution in [0.15, 0.2) is 53.2 Å². The summed E-state index contributed by atoms with van der Waals surface area (Å²) in [5.41, 5.74) is -1.69. The highest BCUT2D eigenvalue weighted by Crippen LogP contribution is 2.42. The standard InChI is InChI=1S/C20H11ClF5N3O/c1-10-17(16-14(21)6-3-7-15(16)23)28-30-18(10)13-9-27-29(19(13)20(24,25)26)12-5-2-4-11(22)8-12/h2-9H,1H3. The molecule has 2 heterocycles. The van der Waals surface area contributed by atoms with E-state index in [0.717, 1.165) is 24.4 Å². The van der Waals surface area contributed by atoms with Crippen LogP contribution in [0, 0.1) is 18.6 Å². The monoisotopic (exact) mass is 439 g/mol. The van der Waals surface area contributed by atoms with Crippen LogP contribution in [0.3, 0.4) is 0 Å². The molecular formula is C20H11ClF5N3O. The van der Waals surface area contributed by atoms with Crippen LogP contribution >= 0.6 is 11.6 Å². The molecule has 154 valence electrons. The zero-order valence-corrected chi connectivity index (χ0v) is 15.9. The van der Waals surface area contributed by atoms with Crippen LogP contribution in [0.2, 0.25) is 5.02 Å². The van der Waals surface area contributed by atoms with Crippen LogP contribution < -0.4 is 0 Å². The fourth-order valence-corrected chi connectivity index (χ4v) is 3.39. The van der Waals surface area contributed by atoms with Gasteiger partial charge in [0.15, 0.2) is 11.5 Å². The van der Waals surface area contributed by atoms with E-state index in [0.29, 0.717) is 4.68 Å². The number of hydrogen-bond donors (Lipinski definition) is 0. The second-order valence-corrected chi connectivity index (χ2v) is 6.79. The number of benzene rings is 2. The lowest BCUT2D eigenvalue weighted by atomic mass is 10.0. The highest BCUT2D eigenvalue weighted by Gasteiger charge is 2.40. The molecular weight excluding hydrogens is 429 g/mol. The van der Waals surface area contributed by atoms with Gasteiger partial charge in [0.1, 0.15) is 17.3 Å². The van der Waals surface area contributed by atoms with Crippen molar-refractivity contribution in [2.24, 2.45) is 0 Å². The molecule has 30 heavy (non-hydrogen) atoms. The summed E-state index contributed by atoms with van der Waals surface area (Å²) < 4.78 is 75.2. The summed E-state index contributed by atoms with van der Waals surface area (Å²) in [6.45, 7) is 1.43. The van der Waals surface area contributed by atoms with E-state index in [1.807, 2.05) is 0 Å². The van der Waals surface area contributed by atoms with Gasteiger partial charge < -0.3 is 4.52 Å². The third-order valence-corrected chi connectivity index (χ3v) is 4.77. The van der Waals surface area contributed by atoms with Crippen molar-refractivity contribution < 1.29 is 26.5 Å². The van der Waals surface area contributed by atoms with Crippen molar-refractivity contribution in [2.45, 2.75) is 13.1 Å². The Kier molecular flexibility index (Phi) is 4.85. The number of alkyl halides is 3. The molecule has 0 atom stereocenters. The Morgan fingerprint density at radius 1 is 1.07 bits per heavy atom. The molecule has 4 rings (SSSR count). The lowest BCUT2D eigenvalue weighted by Crippen LogP contribution is -2.14. The molecule has 0 aliphatic carbocycles. The summed E-state index contributed by atoms with van der Waals surface area (Å²) in [5.74, 6) is -1.67. The average Bonchev–Trinajstić information content (AvgIpc) is 3.26. The van der Waals surface area contributed by atoms with Crippen molar-refractivity contribution in [1.29, 1.82) is 0 Å². The molecule has 0 spiro atoms. The van der Waals surface area contributed by atoms with E-state index >= 15 is 0 Å². The summed E-state index contributed by atoms with van der Waals surface area (Å²) in [7, 11) is 0. The normalized spacial score (nSPS) is 11.8. The van der Waals surface area contributed by atoms with E-state index in [1.54, 1.807) is 0 Å². The molecule has 0 unspecified atom stereocenters. The van der Waals surface area contributed by atoms with Gasteiger partial charge in [-0.1, -0.05) is 28.9 Å². The molecule has 0 aliphatic heterocycles. The van der Waals surface area contributed by atoms with E-state index in [4.69, 9.17) is 16.1 Å². The molecule has 0 aliphatic rings. The second kappa shape index (κ2) is 7.24. The first-order valence-electron chi connectivity index (χ1n) is 8.50. The van der Waals surface area contributed by atoms with Gasteiger partial charge in [-0.3, -0.25) is 0 Å². The van der Waals surface area contributed by atoms with Crippen LogP contribution in [0.5, 0.6) is 0 Å². The van der Waals surface area contributed by atoms with Gasteiger partial charge in [0.05, 0.1) is 28.0 Å². The fraction of sp³-hybridized carbons (Fsp3) is 0.100. The van der Waals surface area contributed by atoms with Gasteiger partial charge in [-0.15, -0.1) is 0 Å². The molecule has 4 aromatic rings. The van der Waals surface area contributed by atoms with Crippen LogP contribution in [-0.2, 0) is 6.18 Å². The van der Waals surface area contributed by atoms with Gasteiger partial charge in [0.2, 0.25) is 0 Å². The molecule has 10 heteroatoms. The van der Waals surface area contributed by atoms with Crippen LogP contribution in [-0.4, -0.2) is 14.9 Å². The van der Waals surface area contributed by atoms with Crippen molar-refractivity contribution in [1.82, 2.24) is 14.9 Å². The zero-order valence-electron chi connectivity index (χ0n) is 15.1. The zero-order chi connectivity index (χ0) is 21.6. The Morgan fingerprint density at radius 2 is 1.80 bits per heavy atom. The van der Waals surface area contributed by atoms with Gasteiger partial charge in [0, 0.05) is 5.56 Å². The number of halogens is 6. The van der Waals surface area contributed by atoms with Crippen LogP contribution in [0.1, 0.15) is 11.3 Å². The maximum absolute atomic E-state index is 14.3. The quantitative estimate of drug-likeness (QED) is 0.344. The number of hydrogen-bond acceptors (Lipinski definition) is 3. The highest BCUT2D eigenvalue weighted by molar-refractivity contribution is 6.33. The lowest BCUT2D eigenvalue weighted by molar-refractivity contribution is -0.142. The first-order chi connectivity index (χ1) is 14.2. The molecule has 0 N–H and O–H groups in total. The predicted octanol–water partition coefficient (Wildman–Crippen LogP) is 6.45. The first kappa shape index (κ1) is 20.1. The van der Waals surface area contributed by atoms with Crippen LogP contribution in [0.4, 0.5) is 22.0 Å². The molecule has 0 amide bonds. The smallest absolute Gasteiger partial charge is 0.355 e. The van der Waals surface area contributed by atoms with Crippen molar-refractivity contribution in [2.75, 3.05) is 0 Å². The van der Waals surface area contributed by atoms with Crippen molar-refractivity contribution >= 4 is 11.6 Å². The topological polar surface area (TPSA) is 43.9 Å². The Bertz CT molecular complexity index is 1230. The van der Waals surface area contributed by atoms with Crippen molar-refractivity contribution in [3.63, 3.8) is 0 Å². The third kappa shape index (κ3) is 3.35. The van der Waals surface area contributed by atoms with E-state index in [-0.39, 0.29) is 33.3 Å². The van der Waals surface area contributed by atoms with E-state index in [1.165, 1.54) is 31.2 Å². The Balaban J connectivity index is 1.92. The number of aromatic nitrogens is 3. The number of rotatable bonds is 3. The van der Waals surface area contributed by atoms with Crippen LogP contribution in [0.25, 0.3) is 28.3 Å². The van der Waals surface area contributed by atoms with E-state index < -0.39 is 29.1 Å². The molecule has 4 nitrogen and oxygen atoms in total. The predicted molar refractivity (Wildman–Crippen MR) is 99.2 cm³/mol. The molecule has 0 radical (unpaired) electrons. The van der Waals surface area contributed by atoms with Crippen molar-refractivity contribution in [3.05, 3.63) is 76.6 Å². The molecule has 0 fully saturated rings. The van der Waals surface area contributed by atoms with E-state index in [2.05, 4.69) is 10.3 Å². The van der Waals surface area contributed by atoms with Gasteiger partial charge in [-0.2, -0.15) is 18.3 Å². The molecule has 0 bridgehead atoms. The largest absolute Gasteiger partial charge is 0.434 e. The Morgan fingerprint density at radius 3 is 2.47 bits per heavy atom. The maximum Gasteiger partial charge on any atom is 0.434 e. The third-order valence-electron chi connectivity index (χ3n) is 4.46. The Labute approximate surface area is 171 Å². The van der Waals surface area contributed by atoms with E-state index in [9.17, 15) is 22.0 Å². The number of nitrogens with zero attached hydrogens (tertiary/aromatic N) is 3. The lowest BCUT2D eigenvalue weighted by Gasteiger charge is -2.12. The summed E-state index contributed by atoms with van der Waals surface area (Å²) >= 11 is 6.04. The fourth-order valence-electron chi connectivity index (χ4n) is 3.14. The van der Waals surface area contributed by atoms with Gasteiger partial charge >= 0.3 is 6.18 Å². The van der Waals surface area contributed by atoms with Gasteiger partial charge in [-0.05, 0) is 37.3 Å². The molecule has 0 saturated carbocycles. The van der Waals surface area contributed by atoms with Crippen molar-refractivity contribution in [3.8, 4) is 28.3 Å². The molecule has 2 aromatic carbocycles.